The van der Waals surface area contributed by atoms with Crippen LogP contribution in [0.5, 0.6) is 5.75 Å². The maximum absolute atomic E-state index is 13.7. The second-order valence-corrected chi connectivity index (χ2v) is 4.93. The van der Waals surface area contributed by atoms with Gasteiger partial charge in [-0.15, -0.1) is 0 Å². The quantitative estimate of drug-likeness (QED) is 0.874. The largest absolute Gasteiger partial charge is 0.494 e. The summed E-state index contributed by atoms with van der Waals surface area (Å²) in [5.74, 6) is 0.582. The SMILES string of the molecule is COc1ccc(N2CCCNCC(C)C2)cc1F. The van der Waals surface area contributed by atoms with Crippen molar-refractivity contribution < 1.29 is 9.13 Å². The van der Waals surface area contributed by atoms with Crippen molar-refractivity contribution in [3.8, 4) is 5.75 Å². The topological polar surface area (TPSA) is 24.5 Å². The molecule has 1 aliphatic heterocycles. The molecule has 1 atom stereocenters. The second-order valence-electron chi connectivity index (χ2n) is 4.93. The molecule has 100 valence electrons. The van der Waals surface area contributed by atoms with E-state index in [1.165, 1.54) is 7.11 Å². The van der Waals surface area contributed by atoms with Crippen molar-refractivity contribution in [2.75, 3.05) is 38.2 Å². The molecule has 0 radical (unpaired) electrons. The van der Waals surface area contributed by atoms with Gasteiger partial charge in [0.05, 0.1) is 7.11 Å². The molecule has 3 nitrogen and oxygen atoms in total. The first-order valence-corrected chi connectivity index (χ1v) is 6.50. The molecule has 0 aliphatic carbocycles. The summed E-state index contributed by atoms with van der Waals surface area (Å²) in [4.78, 5) is 2.26. The molecular weight excluding hydrogens is 231 g/mol. The zero-order valence-corrected chi connectivity index (χ0v) is 11.1. The third-order valence-corrected chi connectivity index (χ3v) is 3.31. The Morgan fingerprint density at radius 1 is 1.44 bits per heavy atom. The van der Waals surface area contributed by atoms with Gasteiger partial charge in [-0.3, -0.25) is 0 Å². The Morgan fingerprint density at radius 2 is 2.28 bits per heavy atom. The van der Waals surface area contributed by atoms with E-state index in [-0.39, 0.29) is 5.82 Å². The van der Waals surface area contributed by atoms with Gasteiger partial charge in [-0.1, -0.05) is 6.92 Å². The molecule has 0 spiro atoms. The molecule has 1 fully saturated rings. The Bertz CT molecular complexity index is 397. The highest BCUT2D eigenvalue weighted by atomic mass is 19.1. The summed E-state index contributed by atoms with van der Waals surface area (Å²) in [6.07, 6.45) is 1.08. The van der Waals surface area contributed by atoms with Gasteiger partial charge in [0.1, 0.15) is 0 Å². The van der Waals surface area contributed by atoms with Gasteiger partial charge in [0, 0.05) is 24.8 Å². The molecule has 1 N–H and O–H groups in total. The number of nitrogens with one attached hydrogen (secondary N) is 1. The number of anilines is 1. The lowest BCUT2D eigenvalue weighted by Crippen LogP contribution is -2.38. The molecule has 1 unspecified atom stereocenters. The van der Waals surface area contributed by atoms with Crippen LogP contribution in [-0.2, 0) is 0 Å². The van der Waals surface area contributed by atoms with Crippen LogP contribution in [0.1, 0.15) is 13.3 Å². The third-order valence-electron chi connectivity index (χ3n) is 3.31. The van der Waals surface area contributed by atoms with E-state index in [2.05, 4.69) is 17.1 Å². The van der Waals surface area contributed by atoms with E-state index in [0.29, 0.717) is 11.7 Å². The van der Waals surface area contributed by atoms with E-state index in [9.17, 15) is 4.39 Å². The second kappa shape index (κ2) is 6.05. The van der Waals surface area contributed by atoms with E-state index in [1.807, 2.05) is 6.07 Å². The highest BCUT2D eigenvalue weighted by Crippen LogP contribution is 2.24. The van der Waals surface area contributed by atoms with Crippen molar-refractivity contribution in [1.82, 2.24) is 5.32 Å². The summed E-state index contributed by atoms with van der Waals surface area (Å²) in [7, 11) is 1.49. The number of hydrogen-bond donors (Lipinski definition) is 1. The fourth-order valence-electron chi connectivity index (χ4n) is 2.36. The lowest BCUT2D eigenvalue weighted by Gasteiger charge is -2.30. The van der Waals surface area contributed by atoms with Crippen LogP contribution in [0.2, 0.25) is 0 Å². The van der Waals surface area contributed by atoms with Crippen molar-refractivity contribution >= 4 is 5.69 Å². The Kier molecular flexibility index (Phi) is 4.42. The Morgan fingerprint density at radius 3 is 3.00 bits per heavy atom. The molecule has 0 aromatic heterocycles. The molecule has 1 aromatic carbocycles. The van der Waals surface area contributed by atoms with E-state index < -0.39 is 0 Å². The van der Waals surface area contributed by atoms with Gasteiger partial charge in [0.2, 0.25) is 0 Å². The van der Waals surface area contributed by atoms with Crippen LogP contribution in [0.3, 0.4) is 0 Å². The van der Waals surface area contributed by atoms with Gasteiger partial charge in [0.25, 0.3) is 0 Å². The smallest absolute Gasteiger partial charge is 0.167 e. The predicted octanol–water partition coefficient (Wildman–Crippen LogP) is 2.27. The minimum Gasteiger partial charge on any atom is -0.494 e. The molecule has 1 heterocycles. The Labute approximate surface area is 108 Å². The normalized spacial score (nSPS) is 21.3. The fraction of sp³-hybridized carbons (Fsp3) is 0.571. The summed E-state index contributed by atoms with van der Waals surface area (Å²) >= 11 is 0. The molecular formula is C14H21FN2O. The van der Waals surface area contributed by atoms with E-state index in [1.54, 1.807) is 12.1 Å². The number of nitrogens with zero attached hydrogens (tertiary/aromatic N) is 1. The maximum Gasteiger partial charge on any atom is 0.167 e. The van der Waals surface area contributed by atoms with Crippen molar-refractivity contribution in [1.29, 1.82) is 0 Å². The number of ether oxygens (including phenoxy) is 1. The number of benzene rings is 1. The molecule has 1 aromatic rings. The van der Waals surface area contributed by atoms with Crippen molar-refractivity contribution in [2.45, 2.75) is 13.3 Å². The van der Waals surface area contributed by atoms with Crippen LogP contribution in [0.15, 0.2) is 18.2 Å². The minimum absolute atomic E-state index is 0.289. The number of halogens is 1. The van der Waals surface area contributed by atoms with Gasteiger partial charge >= 0.3 is 0 Å². The monoisotopic (exact) mass is 252 g/mol. The Hall–Kier alpha value is -1.29. The molecule has 0 amide bonds. The summed E-state index contributed by atoms with van der Waals surface area (Å²) in [5.41, 5.74) is 0.946. The molecule has 1 aliphatic rings. The number of rotatable bonds is 2. The van der Waals surface area contributed by atoms with Gasteiger partial charge in [0.15, 0.2) is 11.6 Å². The van der Waals surface area contributed by atoms with E-state index in [0.717, 1.165) is 38.3 Å². The molecule has 18 heavy (non-hydrogen) atoms. The highest BCUT2D eigenvalue weighted by molar-refractivity contribution is 5.50. The van der Waals surface area contributed by atoms with Crippen LogP contribution < -0.4 is 15.0 Å². The van der Waals surface area contributed by atoms with Crippen LogP contribution in [0.4, 0.5) is 10.1 Å². The van der Waals surface area contributed by atoms with Crippen LogP contribution in [-0.4, -0.2) is 33.3 Å². The molecule has 2 rings (SSSR count). The highest BCUT2D eigenvalue weighted by Gasteiger charge is 2.15. The van der Waals surface area contributed by atoms with Crippen LogP contribution in [0, 0.1) is 11.7 Å². The van der Waals surface area contributed by atoms with Gasteiger partial charge in [-0.05, 0) is 37.6 Å². The lowest BCUT2D eigenvalue weighted by molar-refractivity contribution is 0.386. The number of methoxy groups -OCH3 is 1. The zero-order chi connectivity index (χ0) is 13.0. The predicted molar refractivity (Wildman–Crippen MR) is 71.8 cm³/mol. The van der Waals surface area contributed by atoms with Crippen LogP contribution in [0.25, 0.3) is 0 Å². The van der Waals surface area contributed by atoms with Crippen LogP contribution >= 0.6 is 0 Å². The maximum atomic E-state index is 13.7. The van der Waals surface area contributed by atoms with E-state index >= 15 is 0 Å². The van der Waals surface area contributed by atoms with E-state index in [4.69, 9.17) is 4.74 Å². The third kappa shape index (κ3) is 3.13. The van der Waals surface area contributed by atoms with Gasteiger partial charge in [-0.2, -0.15) is 0 Å². The first-order chi connectivity index (χ1) is 8.70. The van der Waals surface area contributed by atoms with Gasteiger partial charge in [-0.25, -0.2) is 4.39 Å². The fourth-order valence-corrected chi connectivity index (χ4v) is 2.36. The Balaban J connectivity index is 2.15. The first-order valence-electron chi connectivity index (χ1n) is 6.50. The molecule has 4 heteroatoms. The first kappa shape index (κ1) is 13.1. The lowest BCUT2D eigenvalue weighted by atomic mass is 10.1. The van der Waals surface area contributed by atoms with Crippen molar-refractivity contribution in [3.05, 3.63) is 24.0 Å². The average Bonchev–Trinajstić information content (AvgIpc) is 2.33. The average molecular weight is 252 g/mol. The molecule has 0 bridgehead atoms. The summed E-state index contributed by atoms with van der Waals surface area (Å²) < 4.78 is 18.7. The minimum atomic E-state index is -0.289. The molecule has 1 saturated heterocycles. The van der Waals surface area contributed by atoms with Crippen molar-refractivity contribution in [3.63, 3.8) is 0 Å². The molecule has 0 saturated carbocycles. The van der Waals surface area contributed by atoms with Crippen molar-refractivity contribution in [2.24, 2.45) is 5.92 Å². The van der Waals surface area contributed by atoms with Gasteiger partial charge < -0.3 is 15.0 Å². The summed E-state index contributed by atoms with van der Waals surface area (Å²) in [6, 6.07) is 5.20. The summed E-state index contributed by atoms with van der Waals surface area (Å²) in [5, 5.41) is 3.42. The summed E-state index contributed by atoms with van der Waals surface area (Å²) in [6.45, 7) is 6.18. The standard InChI is InChI=1S/C14H21FN2O/c1-11-9-16-6-3-7-17(10-11)12-4-5-14(18-2)13(15)8-12/h4-5,8,11,16H,3,6-7,9-10H2,1-2H3. The zero-order valence-electron chi connectivity index (χ0n) is 11.1. The number of hydrogen-bond acceptors (Lipinski definition) is 3.